The Labute approximate surface area is 159 Å². The summed E-state index contributed by atoms with van der Waals surface area (Å²) in [6.45, 7) is 0.962. The van der Waals surface area contributed by atoms with Crippen molar-refractivity contribution in [3.8, 4) is 5.75 Å². The summed E-state index contributed by atoms with van der Waals surface area (Å²) in [5.74, 6) is 0.844. The first-order chi connectivity index (χ1) is 13.2. The van der Waals surface area contributed by atoms with E-state index in [0.29, 0.717) is 24.6 Å². The summed E-state index contributed by atoms with van der Waals surface area (Å²) in [4.78, 5) is 12.7. The van der Waals surface area contributed by atoms with E-state index in [1.165, 1.54) is 5.56 Å². The number of ether oxygens (including phenoxy) is 1. The van der Waals surface area contributed by atoms with Crippen LogP contribution < -0.4 is 10.6 Å². The van der Waals surface area contributed by atoms with Gasteiger partial charge in [-0.15, -0.1) is 0 Å². The number of aromatic hydroxyl groups is 1. The summed E-state index contributed by atoms with van der Waals surface area (Å²) in [6, 6.07) is 13.3. The number of allylic oxidation sites excluding steroid dienone is 2. The third kappa shape index (κ3) is 3.30. The summed E-state index contributed by atoms with van der Waals surface area (Å²) in [5.41, 5.74) is 3.85. The number of rotatable bonds is 5. The van der Waals surface area contributed by atoms with E-state index in [0.717, 1.165) is 17.7 Å². The third-order valence-electron chi connectivity index (χ3n) is 5.49. The Morgan fingerprint density at radius 3 is 2.85 bits per heavy atom. The molecule has 0 radical (unpaired) electrons. The zero-order valence-electron chi connectivity index (χ0n) is 15.3. The molecular formula is C22H24N2O3. The zero-order chi connectivity index (χ0) is 18.8. The molecule has 2 aromatic rings. The number of fused-ring (bicyclic) bond motifs is 3. The van der Waals surface area contributed by atoms with Crippen LogP contribution in [0.1, 0.15) is 39.9 Å². The Balaban J connectivity index is 1.70. The Kier molecular flexibility index (Phi) is 4.86. The van der Waals surface area contributed by atoms with E-state index < -0.39 is 0 Å². The summed E-state index contributed by atoms with van der Waals surface area (Å²) < 4.78 is 5.02. The molecule has 5 nitrogen and oxygen atoms in total. The Hall–Kier alpha value is -2.79. The third-order valence-corrected chi connectivity index (χ3v) is 5.49. The van der Waals surface area contributed by atoms with Gasteiger partial charge in [-0.2, -0.15) is 0 Å². The maximum Gasteiger partial charge on any atom is 0.253 e. The van der Waals surface area contributed by atoms with E-state index in [2.05, 4.69) is 28.9 Å². The van der Waals surface area contributed by atoms with Gasteiger partial charge < -0.3 is 20.5 Å². The molecule has 4 rings (SSSR count). The van der Waals surface area contributed by atoms with Crippen LogP contribution in [0, 0.1) is 5.92 Å². The average molecular weight is 364 g/mol. The van der Waals surface area contributed by atoms with Gasteiger partial charge in [-0.25, -0.2) is 0 Å². The van der Waals surface area contributed by atoms with Gasteiger partial charge >= 0.3 is 0 Å². The molecule has 27 heavy (non-hydrogen) atoms. The van der Waals surface area contributed by atoms with Gasteiger partial charge in [-0.1, -0.05) is 36.4 Å². The molecule has 0 fully saturated rings. The topological polar surface area (TPSA) is 70.6 Å². The van der Waals surface area contributed by atoms with Crippen molar-refractivity contribution >= 4 is 11.6 Å². The van der Waals surface area contributed by atoms with Crippen LogP contribution in [-0.4, -0.2) is 31.3 Å². The van der Waals surface area contributed by atoms with Crippen LogP contribution in [0.3, 0.4) is 0 Å². The van der Waals surface area contributed by atoms with Crippen LogP contribution in [0.4, 0.5) is 5.69 Å². The second kappa shape index (κ2) is 7.45. The SMILES string of the molecule is COCCNC(=O)c1cccc2c1NC(c1ccc(O)cc1)C1CC=CC21. The summed E-state index contributed by atoms with van der Waals surface area (Å²) in [5, 5.41) is 16.2. The van der Waals surface area contributed by atoms with Gasteiger partial charge in [-0.3, -0.25) is 4.79 Å². The molecule has 1 aliphatic carbocycles. The number of hydrogen-bond acceptors (Lipinski definition) is 4. The predicted molar refractivity (Wildman–Crippen MR) is 105 cm³/mol. The summed E-state index contributed by atoms with van der Waals surface area (Å²) >= 11 is 0. The molecule has 140 valence electrons. The Bertz CT molecular complexity index is 860. The van der Waals surface area contributed by atoms with Gasteiger partial charge in [0.05, 0.1) is 23.9 Å². The van der Waals surface area contributed by atoms with Crippen molar-refractivity contribution in [2.45, 2.75) is 18.4 Å². The van der Waals surface area contributed by atoms with E-state index in [1.54, 1.807) is 19.2 Å². The number of anilines is 1. The largest absolute Gasteiger partial charge is 0.508 e. The highest BCUT2D eigenvalue weighted by Gasteiger charge is 2.39. The first-order valence-corrected chi connectivity index (χ1v) is 9.31. The monoisotopic (exact) mass is 364 g/mol. The Morgan fingerprint density at radius 1 is 1.26 bits per heavy atom. The van der Waals surface area contributed by atoms with E-state index in [9.17, 15) is 9.90 Å². The quantitative estimate of drug-likeness (QED) is 0.560. The molecule has 0 saturated carbocycles. The minimum absolute atomic E-state index is 0.0889. The summed E-state index contributed by atoms with van der Waals surface area (Å²) in [7, 11) is 1.62. The first kappa shape index (κ1) is 17.6. The molecule has 1 heterocycles. The van der Waals surface area contributed by atoms with Gasteiger partial charge in [-0.05, 0) is 41.7 Å². The minimum Gasteiger partial charge on any atom is -0.508 e. The lowest BCUT2D eigenvalue weighted by atomic mass is 9.76. The van der Waals surface area contributed by atoms with E-state index in [4.69, 9.17) is 4.74 Å². The molecule has 3 N–H and O–H groups in total. The van der Waals surface area contributed by atoms with Gasteiger partial charge in [0.15, 0.2) is 0 Å². The number of nitrogens with one attached hydrogen (secondary N) is 2. The van der Waals surface area contributed by atoms with Crippen LogP contribution in [0.2, 0.25) is 0 Å². The van der Waals surface area contributed by atoms with Crippen molar-refractivity contribution in [1.82, 2.24) is 5.32 Å². The van der Waals surface area contributed by atoms with E-state index >= 15 is 0 Å². The molecule has 2 aliphatic rings. The van der Waals surface area contributed by atoms with Crippen molar-refractivity contribution in [2.24, 2.45) is 5.92 Å². The fraction of sp³-hybridized carbons (Fsp3) is 0.318. The van der Waals surface area contributed by atoms with Crippen LogP contribution in [-0.2, 0) is 4.74 Å². The lowest BCUT2D eigenvalue weighted by Crippen LogP contribution is -2.33. The number of phenolic OH excluding ortho intramolecular Hbond substituents is 1. The highest BCUT2D eigenvalue weighted by atomic mass is 16.5. The molecule has 0 bridgehead atoms. The van der Waals surface area contributed by atoms with Crippen LogP contribution >= 0.6 is 0 Å². The molecule has 3 unspecified atom stereocenters. The number of carbonyl (C=O) groups excluding carboxylic acids is 1. The lowest BCUT2D eigenvalue weighted by molar-refractivity contribution is 0.0937. The standard InChI is InChI=1S/C22H24N2O3/c1-27-13-12-23-22(26)19-7-3-6-18-16-4-2-5-17(16)20(24-21(18)19)14-8-10-15(25)11-9-14/h2-4,6-11,16-17,20,24-25H,5,12-13H2,1H3,(H,23,26). The fourth-order valence-electron chi connectivity index (χ4n) is 4.18. The summed E-state index contributed by atoms with van der Waals surface area (Å²) in [6.07, 6.45) is 5.47. The number of para-hydroxylation sites is 1. The molecule has 0 saturated heterocycles. The fourth-order valence-corrected chi connectivity index (χ4v) is 4.18. The van der Waals surface area contributed by atoms with Crippen LogP contribution in [0.25, 0.3) is 0 Å². The van der Waals surface area contributed by atoms with Crippen molar-refractivity contribution < 1.29 is 14.6 Å². The smallest absolute Gasteiger partial charge is 0.253 e. The number of amides is 1. The van der Waals surface area contributed by atoms with Gasteiger partial charge in [0.25, 0.3) is 5.91 Å². The number of methoxy groups -OCH3 is 1. The molecule has 5 heteroatoms. The second-order valence-corrected chi connectivity index (χ2v) is 7.09. The Morgan fingerprint density at radius 2 is 2.07 bits per heavy atom. The van der Waals surface area contributed by atoms with Crippen molar-refractivity contribution in [2.75, 3.05) is 25.6 Å². The molecule has 2 aromatic carbocycles. The lowest BCUT2D eigenvalue weighted by Gasteiger charge is -2.38. The maximum atomic E-state index is 12.7. The van der Waals surface area contributed by atoms with Crippen LogP contribution in [0.15, 0.2) is 54.6 Å². The number of carbonyl (C=O) groups is 1. The molecule has 3 atom stereocenters. The molecular weight excluding hydrogens is 340 g/mol. The van der Waals surface area contributed by atoms with Crippen molar-refractivity contribution in [1.29, 1.82) is 0 Å². The van der Waals surface area contributed by atoms with Gasteiger partial charge in [0.1, 0.15) is 5.75 Å². The molecule has 0 aromatic heterocycles. The maximum absolute atomic E-state index is 12.7. The minimum atomic E-state index is -0.0960. The highest BCUT2D eigenvalue weighted by Crippen LogP contribution is 2.50. The number of benzene rings is 2. The van der Waals surface area contributed by atoms with E-state index in [-0.39, 0.29) is 23.6 Å². The van der Waals surface area contributed by atoms with Crippen molar-refractivity contribution in [3.63, 3.8) is 0 Å². The molecule has 1 amide bonds. The van der Waals surface area contributed by atoms with E-state index in [1.807, 2.05) is 24.3 Å². The predicted octanol–water partition coefficient (Wildman–Crippen LogP) is 3.59. The number of hydrogen-bond donors (Lipinski definition) is 3. The average Bonchev–Trinajstić information content (AvgIpc) is 3.18. The zero-order valence-corrected chi connectivity index (χ0v) is 15.3. The number of phenols is 1. The second-order valence-electron chi connectivity index (χ2n) is 7.09. The van der Waals surface area contributed by atoms with Gasteiger partial charge in [0.2, 0.25) is 0 Å². The highest BCUT2D eigenvalue weighted by molar-refractivity contribution is 6.00. The van der Waals surface area contributed by atoms with Crippen LogP contribution in [0.5, 0.6) is 5.75 Å². The van der Waals surface area contributed by atoms with Crippen molar-refractivity contribution in [3.05, 3.63) is 71.3 Å². The van der Waals surface area contributed by atoms with Gasteiger partial charge in [0, 0.05) is 19.6 Å². The normalized spacial score (nSPS) is 22.6. The molecule has 1 aliphatic heterocycles. The first-order valence-electron chi connectivity index (χ1n) is 9.31. The molecule has 0 spiro atoms.